The first-order valence-corrected chi connectivity index (χ1v) is 7.17. The van der Waals surface area contributed by atoms with E-state index in [1.165, 1.54) is 0 Å². The fourth-order valence-corrected chi connectivity index (χ4v) is 3.59. The van der Waals surface area contributed by atoms with E-state index in [9.17, 15) is 22.3 Å². The number of hydrogen-bond acceptors (Lipinski definition) is 4. The molecule has 0 spiro atoms. The normalized spacial score (nSPS) is 18.1. The molecule has 106 valence electrons. The van der Waals surface area contributed by atoms with Crippen LogP contribution < -0.4 is 10.5 Å². The van der Waals surface area contributed by atoms with Crippen LogP contribution in [-0.2, 0) is 10.0 Å². The zero-order valence-corrected chi connectivity index (χ0v) is 10.8. The van der Waals surface area contributed by atoms with Gasteiger partial charge in [0.15, 0.2) is 11.6 Å². The summed E-state index contributed by atoms with van der Waals surface area (Å²) in [5, 5.41) is 9.21. The summed E-state index contributed by atoms with van der Waals surface area (Å²) in [6, 6.07) is 1.56. The van der Waals surface area contributed by atoms with Crippen LogP contribution in [-0.4, -0.2) is 25.7 Å². The van der Waals surface area contributed by atoms with Crippen LogP contribution in [0.25, 0.3) is 0 Å². The smallest absolute Gasteiger partial charge is 0.244 e. The van der Waals surface area contributed by atoms with Crippen LogP contribution in [0.15, 0.2) is 17.0 Å². The number of aliphatic hydroxyl groups is 1. The van der Waals surface area contributed by atoms with Gasteiger partial charge in [0.25, 0.3) is 0 Å². The Balaban J connectivity index is 2.40. The molecule has 0 bridgehead atoms. The van der Waals surface area contributed by atoms with E-state index in [-0.39, 0.29) is 5.69 Å². The van der Waals surface area contributed by atoms with Crippen molar-refractivity contribution in [3.63, 3.8) is 0 Å². The largest absolute Gasteiger partial charge is 0.399 e. The molecule has 0 heterocycles. The van der Waals surface area contributed by atoms with Gasteiger partial charge in [-0.3, -0.25) is 0 Å². The van der Waals surface area contributed by atoms with Gasteiger partial charge in [0, 0.05) is 5.69 Å². The van der Waals surface area contributed by atoms with E-state index in [4.69, 9.17) is 5.73 Å². The summed E-state index contributed by atoms with van der Waals surface area (Å²) in [6.07, 6.45) is 1.67. The molecule has 0 amide bonds. The Labute approximate surface area is 109 Å². The van der Waals surface area contributed by atoms with Gasteiger partial charge < -0.3 is 10.8 Å². The molecule has 5 nitrogen and oxygen atoms in total. The summed E-state index contributed by atoms with van der Waals surface area (Å²) < 4.78 is 53.1. The molecule has 0 aliphatic heterocycles. The second kappa shape index (κ2) is 4.69. The zero-order chi connectivity index (χ0) is 14.3. The third kappa shape index (κ3) is 2.56. The maximum atomic E-state index is 13.6. The molecule has 0 atom stereocenters. The molecule has 0 saturated heterocycles. The zero-order valence-electron chi connectivity index (χ0n) is 9.99. The second-order valence-corrected chi connectivity index (χ2v) is 6.36. The van der Waals surface area contributed by atoms with E-state index >= 15 is 0 Å². The van der Waals surface area contributed by atoms with Crippen molar-refractivity contribution in [3.8, 4) is 0 Å². The molecule has 1 saturated carbocycles. The van der Waals surface area contributed by atoms with Crippen molar-refractivity contribution in [2.24, 2.45) is 0 Å². The molecule has 1 aromatic carbocycles. The predicted molar refractivity (Wildman–Crippen MR) is 64.8 cm³/mol. The summed E-state index contributed by atoms with van der Waals surface area (Å²) in [4.78, 5) is -0.843. The maximum Gasteiger partial charge on any atom is 0.244 e. The summed E-state index contributed by atoms with van der Waals surface area (Å²) in [5.41, 5.74) is 4.15. The van der Waals surface area contributed by atoms with E-state index in [2.05, 4.69) is 4.72 Å². The fourth-order valence-electron chi connectivity index (χ4n) is 2.02. The third-order valence-electron chi connectivity index (χ3n) is 3.27. The molecule has 19 heavy (non-hydrogen) atoms. The average molecular weight is 292 g/mol. The molecule has 4 N–H and O–H groups in total. The van der Waals surface area contributed by atoms with Crippen LogP contribution in [0.1, 0.15) is 19.3 Å². The molecule has 1 fully saturated rings. The number of rotatable bonds is 4. The van der Waals surface area contributed by atoms with Gasteiger partial charge in [-0.1, -0.05) is 0 Å². The number of aliphatic hydroxyl groups excluding tert-OH is 1. The molecule has 1 aliphatic carbocycles. The van der Waals surface area contributed by atoms with Gasteiger partial charge in [-0.25, -0.2) is 21.9 Å². The topological polar surface area (TPSA) is 92.4 Å². The Hall–Kier alpha value is -1.25. The monoisotopic (exact) mass is 292 g/mol. The molecule has 0 unspecified atom stereocenters. The van der Waals surface area contributed by atoms with Gasteiger partial charge in [0.1, 0.15) is 4.90 Å². The number of hydrogen-bond donors (Lipinski definition) is 3. The van der Waals surface area contributed by atoms with Gasteiger partial charge in [-0.05, 0) is 31.4 Å². The molecule has 1 aliphatic rings. The summed E-state index contributed by atoms with van der Waals surface area (Å²) in [5.74, 6) is -2.80. The predicted octanol–water partition coefficient (Wildman–Crippen LogP) is 0.740. The molecule has 1 aromatic rings. The number of nitrogens with two attached hydrogens (primary N) is 1. The van der Waals surface area contributed by atoms with Gasteiger partial charge in [-0.15, -0.1) is 0 Å². The van der Waals surface area contributed by atoms with E-state index in [0.717, 1.165) is 12.5 Å². The lowest BCUT2D eigenvalue weighted by atomic mass is 9.78. The van der Waals surface area contributed by atoms with Crippen molar-refractivity contribution in [2.75, 3.05) is 12.3 Å². The van der Waals surface area contributed by atoms with Crippen molar-refractivity contribution < 1.29 is 22.3 Å². The number of benzene rings is 1. The minimum Gasteiger partial charge on any atom is -0.399 e. The lowest BCUT2D eigenvalue weighted by molar-refractivity contribution is 0.110. The Morgan fingerprint density at radius 2 is 2.00 bits per heavy atom. The first-order valence-electron chi connectivity index (χ1n) is 5.69. The van der Waals surface area contributed by atoms with E-state index in [1.807, 2.05) is 0 Å². The molecule has 0 radical (unpaired) electrons. The van der Waals surface area contributed by atoms with Crippen LogP contribution >= 0.6 is 0 Å². The van der Waals surface area contributed by atoms with Crippen molar-refractivity contribution in [2.45, 2.75) is 29.7 Å². The Bertz CT molecular complexity index is 595. The van der Waals surface area contributed by atoms with Crippen LogP contribution in [0.3, 0.4) is 0 Å². The van der Waals surface area contributed by atoms with Crippen molar-refractivity contribution in [1.82, 2.24) is 4.72 Å². The molecule has 0 aromatic heterocycles. The highest BCUT2D eigenvalue weighted by molar-refractivity contribution is 7.89. The van der Waals surface area contributed by atoms with Crippen molar-refractivity contribution in [1.29, 1.82) is 0 Å². The number of anilines is 1. The molecular weight excluding hydrogens is 278 g/mol. The quantitative estimate of drug-likeness (QED) is 0.714. The lowest BCUT2D eigenvalue weighted by Crippen LogP contribution is -2.56. The number of nitrogen functional groups attached to an aromatic ring is 1. The molecular formula is C11H14F2N2O3S. The Morgan fingerprint density at radius 1 is 1.37 bits per heavy atom. The minimum absolute atomic E-state index is 0.189. The van der Waals surface area contributed by atoms with Crippen LogP contribution in [0.2, 0.25) is 0 Å². The number of sulfonamides is 1. The Kier molecular flexibility index (Phi) is 3.50. The Morgan fingerprint density at radius 3 is 2.47 bits per heavy atom. The van der Waals surface area contributed by atoms with Gasteiger partial charge >= 0.3 is 0 Å². The first kappa shape index (κ1) is 14.2. The number of nitrogens with one attached hydrogen (secondary N) is 1. The standard InChI is InChI=1S/C11H14F2N2O3S/c12-8-4-7(14)5-9(10(8)13)19(17,18)15-11(6-16)2-1-3-11/h4-5,15-16H,1-3,6,14H2. The van der Waals surface area contributed by atoms with Crippen molar-refractivity contribution in [3.05, 3.63) is 23.8 Å². The average Bonchev–Trinajstić information content (AvgIpc) is 2.28. The first-order chi connectivity index (χ1) is 8.80. The number of halogens is 2. The van der Waals surface area contributed by atoms with E-state index in [1.54, 1.807) is 0 Å². The summed E-state index contributed by atoms with van der Waals surface area (Å²) >= 11 is 0. The fraction of sp³-hybridized carbons (Fsp3) is 0.455. The lowest BCUT2D eigenvalue weighted by Gasteiger charge is -2.40. The summed E-state index contributed by atoms with van der Waals surface area (Å²) in [7, 11) is -4.27. The van der Waals surface area contributed by atoms with E-state index < -0.39 is 38.7 Å². The van der Waals surface area contributed by atoms with Gasteiger partial charge in [0.05, 0.1) is 12.1 Å². The minimum atomic E-state index is -4.27. The van der Waals surface area contributed by atoms with Crippen LogP contribution in [0.5, 0.6) is 0 Å². The SMILES string of the molecule is Nc1cc(F)c(F)c(S(=O)(=O)NC2(CO)CCC2)c1. The molecule has 2 rings (SSSR count). The van der Waals surface area contributed by atoms with Crippen LogP contribution in [0.4, 0.5) is 14.5 Å². The highest BCUT2D eigenvalue weighted by Crippen LogP contribution is 2.33. The summed E-state index contributed by atoms with van der Waals surface area (Å²) in [6.45, 7) is -0.390. The van der Waals surface area contributed by atoms with Crippen LogP contribution in [0, 0.1) is 11.6 Å². The molecule has 8 heteroatoms. The van der Waals surface area contributed by atoms with E-state index in [0.29, 0.717) is 18.9 Å². The highest BCUT2D eigenvalue weighted by Gasteiger charge is 2.41. The van der Waals surface area contributed by atoms with Gasteiger partial charge in [-0.2, -0.15) is 0 Å². The van der Waals surface area contributed by atoms with Gasteiger partial charge in [0.2, 0.25) is 10.0 Å². The van der Waals surface area contributed by atoms with Crippen molar-refractivity contribution >= 4 is 15.7 Å². The second-order valence-electron chi connectivity index (χ2n) is 4.71. The highest BCUT2D eigenvalue weighted by atomic mass is 32.2. The maximum absolute atomic E-state index is 13.6. The third-order valence-corrected chi connectivity index (χ3v) is 4.85.